The molecule has 0 aromatic rings. The van der Waals surface area contributed by atoms with Gasteiger partial charge in [-0.25, -0.2) is 0 Å². The van der Waals surface area contributed by atoms with E-state index in [-0.39, 0.29) is 21.1 Å². The van der Waals surface area contributed by atoms with Crippen LogP contribution in [0.5, 0.6) is 0 Å². The quantitative estimate of drug-likeness (QED) is 0.439. The lowest BCUT2D eigenvalue weighted by Gasteiger charge is -2.29. The fourth-order valence-electron chi connectivity index (χ4n) is 0.599. The van der Waals surface area contributed by atoms with Crippen molar-refractivity contribution in [1.82, 2.24) is 0 Å². The highest BCUT2D eigenvalue weighted by Gasteiger charge is 2.25. The maximum atomic E-state index is 10.4. The highest BCUT2D eigenvalue weighted by atomic mass is 32.2. The number of hydrogen-bond acceptors (Lipinski definition) is 2. The molecule has 100 valence electrons. The van der Waals surface area contributed by atoms with E-state index in [9.17, 15) is 9.59 Å². The number of allylic oxidation sites excluding steroid dienone is 2. The molecule has 0 saturated heterocycles. The van der Waals surface area contributed by atoms with Gasteiger partial charge in [-0.05, 0) is 32.6 Å². The van der Waals surface area contributed by atoms with E-state index < -0.39 is 0 Å². The molecule has 0 aliphatic heterocycles. The van der Waals surface area contributed by atoms with Gasteiger partial charge in [-0.3, -0.25) is 4.79 Å². The zero-order valence-corrected chi connectivity index (χ0v) is 13.0. The minimum Gasteiger partial charge on any atom is -0.303 e. The average Bonchev–Trinajstić information content (AvgIpc) is 2.27. The Morgan fingerprint density at radius 3 is 1.71 bits per heavy atom. The second-order valence-corrected chi connectivity index (χ2v) is 7.29. The molecule has 0 saturated carbocycles. The highest BCUT2D eigenvalue weighted by molar-refractivity contribution is 8.14. The van der Waals surface area contributed by atoms with Crippen molar-refractivity contribution in [1.29, 1.82) is 0 Å². The van der Waals surface area contributed by atoms with Gasteiger partial charge in [0, 0.05) is 10.7 Å². The molecule has 0 aliphatic carbocycles. The molecule has 2 nitrogen and oxygen atoms in total. The van der Waals surface area contributed by atoms with Gasteiger partial charge in [0.25, 0.3) is 0 Å². The third kappa shape index (κ3) is 7.27. The summed E-state index contributed by atoms with van der Waals surface area (Å²) in [6.45, 7) is 11.8. The molecular formula is C14H26O2S. The normalized spacial score (nSPS) is 13.8. The Labute approximate surface area is 108 Å². The smallest absolute Gasteiger partial charge is 0.145 e. The van der Waals surface area contributed by atoms with E-state index in [2.05, 4.69) is 26.0 Å². The average molecular weight is 258 g/mol. The van der Waals surface area contributed by atoms with Crippen LogP contribution in [0.1, 0.15) is 41.5 Å². The molecule has 0 aromatic carbocycles. The maximum absolute atomic E-state index is 10.4. The van der Waals surface area contributed by atoms with Gasteiger partial charge < -0.3 is 4.79 Å². The summed E-state index contributed by atoms with van der Waals surface area (Å²) in [6.07, 6.45) is 3.95. The summed E-state index contributed by atoms with van der Waals surface area (Å²) >= 11 is 0. The van der Waals surface area contributed by atoms with E-state index in [0.29, 0.717) is 0 Å². The van der Waals surface area contributed by atoms with E-state index in [4.69, 9.17) is 0 Å². The van der Waals surface area contributed by atoms with Gasteiger partial charge >= 0.3 is 0 Å². The third-order valence-electron chi connectivity index (χ3n) is 3.16. The van der Waals surface area contributed by atoms with Crippen molar-refractivity contribution >= 4 is 28.9 Å². The number of rotatable bonds is 4. The van der Waals surface area contributed by atoms with Gasteiger partial charge in [0.1, 0.15) is 12.6 Å². The summed E-state index contributed by atoms with van der Waals surface area (Å²) in [7, 11) is 0.0629. The first-order chi connectivity index (χ1) is 7.61. The standard InChI is InChI=1S/C8H16OS.C6H10O/c1-7(6-9)8(2,3)10(4)5;1-5(2)6(3)4-7/h6-7H,4H2,1-3,5H3;4H,1-3H3. The summed E-state index contributed by atoms with van der Waals surface area (Å²) in [5.41, 5.74) is 1.93. The summed E-state index contributed by atoms with van der Waals surface area (Å²) in [5.74, 6) is 4.06. The maximum Gasteiger partial charge on any atom is 0.145 e. The highest BCUT2D eigenvalue weighted by Crippen LogP contribution is 2.33. The van der Waals surface area contributed by atoms with Gasteiger partial charge in [0.15, 0.2) is 0 Å². The first-order valence-electron chi connectivity index (χ1n) is 5.61. The van der Waals surface area contributed by atoms with E-state index in [1.54, 1.807) is 0 Å². The molecule has 0 fully saturated rings. The Kier molecular flexibility index (Phi) is 9.22. The Hall–Kier alpha value is -0.700. The van der Waals surface area contributed by atoms with Crippen LogP contribution in [0.3, 0.4) is 0 Å². The van der Waals surface area contributed by atoms with E-state index >= 15 is 0 Å². The molecule has 2 atom stereocenters. The van der Waals surface area contributed by atoms with Gasteiger partial charge in [0.2, 0.25) is 0 Å². The topological polar surface area (TPSA) is 34.1 Å². The number of hydrogen-bond donors (Lipinski definition) is 0. The summed E-state index contributed by atoms with van der Waals surface area (Å²) < 4.78 is 0.0573. The largest absolute Gasteiger partial charge is 0.303 e. The zero-order valence-electron chi connectivity index (χ0n) is 12.2. The third-order valence-corrected chi connectivity index (χ3v) is 5.33. The minimum absolute atomic E-state index is 0.0573. The lowest BCUT2D eigenvalue weighted by molar-refractivity contribution is -0.111. The minimum atomic E-state index is 0.0573. The van der Waals surface area contributed by atoms with Crippen LogP contribution < -0.4 is 0 Å². The Bertz CT molecular complexity index is 310. The summed E-state index contributed by atoms with van der Waals surface area (Å²) in [5, 5.41) is 0. The molecular weight excluding hydrogens is 232 g/mol. The Balaban J connectivity index is 0. The van der Waals surface area contributed by atoms with Crippen LogP contribution in [0.15, 0.2) is 11.1 Å². The van der Waals surface area contributed by atoms with Crippen LogP contribution in [0.2, 0.25) is 0 Å². The molecule has 0 radical (unpaired) electrons. The van der Waals surface area contributed by atoms with Crippen molar-refractivity contribution in [3.8, 4) is 0 Å². The summed E-state index contributed by atoms with van der Waals surface area (Å²) in [4.78, 5) is 20.3. The van der Waals surface area contributed by atoms with Crippen LogP contribution in [-0.4, -0.2) is 29.4 Å². The van der Waals surface area contributed by atoms with Crippen LogP contribution in [0.4, 0.5) is 0 Å². The predicted molar refractivity (Wildman–Crippen MR) is 80.1 cm³/mol. The van der Waals surface area contributed by atoms with Crippen LogP contribution >= 0.6 is 10.5 Å². The molecule has 0 aliphatic rings. The number of aldehydes is 2. The monoisotopic (exact) mass is 258 g/mol. The SMILES string of the molecule is C=S(C)C(C)(C)C(C)C=O.CC(C)=C(C)C=O. The molecule has 2 unspecified atom stereocenters. The fraction of sp³-hybridized carbons (Fsp3) is 0.643. The molecule has 0 N–H and O–H groups in total. The van der Waals surface area contributed by atoms with Crippen LogP contribution in [0, 0.1) is 5.92 Å². The van der Waals surface area contributed by atoms with Crippen molar-refractivity contribution in [3.63, 3.8) is 0 Å². The van der Waals surface area contributed by atoms with Gasteiger partial charge in [-0.2, -0.15) is 10.5 Å². The van der Waals surface area contributed by atoms with E-state index in [0.717, 1.165) is 23.7 Å². The molecule has 0 heterocycles. The molecule has 3 heteroatoms. The molecule has 0 amide bonds. The van der Waals surface area contributed by atoms with Crippen molar-refractivity contribution in [3.05, 3.63) is 11.1 Å². The molecule has 0 aromatic heterocycles. The van der Waals surface area contributed by atoms with Crippen molar-refractivity contribution in [2.75, 3.05) is 6.26 Å². The molecule has 0 spiro atoms. The van der Waals surface area contributed by atoms with Gasteiger partial charge in [-0.1, -0.05) is 32.2 Å². The predicted octanol–water partition coefficient (Wildman–Crippen LogP) is 3.47. The zero-order chi connectivity index (χ0) is 14.2. The lowest BCUT2D eigenvalue weighted by Crippen LogP contribution is -2.27. The first kappa shape index (κ1) is 18.7. The fourth-order valence-corrected chi connectivity index (χ4v) is 1.29. The Morgan fingerprint density at radius 2 is 1.65 bits per heavy atom. The van der Waals surface area contributed by atoms with Crippen LogP contribution in [0.25, 0.3) is 0 Å². The second-order valence-electron chi connectivity index (χ2n) is 4.97. The van der Waals surface area contributed by atoms with E-state index in [1.165, 1.54) is 0 Å². The second kappa shape index (κ2) is 8.40. The molecule has 17 heavy (non-hydrogen) atoms. The van der Waals surface area contributed by atoms with Gasteiger partial charge in [-0.15, -0.1) is 0 Å². The number of carbonyl (C=O) groups is 2. The number of carbonyl (C=O) groups excluding carboxylic acids is 2. The van der Waals surface area contributed by atoms with Crippen LogP contribution in [-0.2, 0) is 9.59 Å². The van der Waals surface area contributed by atoms with E-state index in [1.807, 2.05) is 27.7 Å². The Morgan fingerprint density at radius 1 is 1.24 bits per heavy atom. The lowest BCUT2D eigenvalue weighted by atomic mass is 9.99. The van der Waals surface area contributed by atoms with Gasteiger partial charge in [0.05, 0.1) is 0 Å². The van der Waals surface area contributed by atoms with Crippen molar-refractivity contribution in [2.24, 2.45) is 5.92 Å². The van der Waals surface area contributed by atoms with Crippen molar-refractivity contribution < 1.29 is 9.59 Å². The first-order valence-corrected chi connectivity index (χ1v) is 7.41. The molecule has 0 rings (SSSR count). The van der Waals surface area contributed by atoms with Crippen molar-refractivity contribution in [2.45, 2.75) is 46.3 Å². The molecule has 0 bridgehead atoms. The summed E-state index contributed by atoms with van der Waals surface area (Å²) in [6, 6.07) is 0.